The maximum absolute atomic E-state index is 12.2. The minimum Gasteiger partial charge on any atom is -0.370 e. The molecule has 2 aliphatic heterocycles. The van der Waals surface area contributed by atoms with E-state index in [1.165, 1.54) is 11.3 Å². The number of amides is 1. The molecule has 1 aromatic rings. The van der Waals surface area contributed by atoms with Crippen LogP contribution in [-0.4, -0.2) is 36.2 Å². The first kappa shape index (κ1) is 12.6. The Morgan fingerprint density at radius 3 is 2.86 bits per heavy atom. The van der Waals surface area contributed by atoms with Gasteiger partial charge in [0.25, 0.3) is 0 Å². The molecule has 1 spiro atoms. The molecule has 2 heterocycles. The van der Waals surface area contributed by atoms with Crippen molar-refractivity contribution in [1.29, 1.82) is 0 Å². The zero-order valence-corrected chi connectivity index (χ0v) is 12.3. The first-order valence-electron chi connectivity index (χ1n) is 7.41. The van der Waals surface area contributed by atoms with E-state index in [-0.39, 0.29) is 23.1 Å². The van der Waals surface area contributed by atoms with Crippen molar-refractivity contribution < 1.29 is 9.59 Å². The molecular formula is C17H18N2O2. The summed E-state index contributed by atoms with van der Waals surface area (Å²) in [5.74, 6) is 0.150. The number of anilines is 1. The van der Waals surface area contributed by atoms with Gasteiger partial charge in [-0.3, -0.25) is 9.59 Å². The first-order valence-corrected chi connectivity index (χ1v) is 7.41. The molecule has 0 saturated carbocycles. The molecule has 0 bridgehead atoms. The number of para-hydroxylation sites is 1. The van der Waals surface area contributed by atoms with E-state index in [0.717, 1.165) is 12.1 Å². The van der Waals surface area contributed by atoms with Crippen molar-refractivity contribution in [3.05, 3.63) is 41.6 Å². The number of nitrogens with zero attached hydrogens (tertiary/aromatic N) is 2. The third-order valence-electron chi connectivity index (χ3n) is 5.35. The molecule has 1 fully saturated rings. The SMILES string of the molecule is CC(=O)N1CC[C@]23C1=CC(=O)C[C@H]2N(C)c1ccccc13. The normalized spacial score (nSPS) is 29.9. The molecule has 21 heavy (non-hydrogen) atoms. The lowest BCUT2D eigenvalue weighted by Crippen LogP contribution is -2.48. The van der Waals surface area contributed by atoms with Gasteiger partial charge < -0.3 is 9.80 Å². The highest BCUT2D eigenvalue weighted by molar-refractivity contribution is 5.96. The average molecular weight is 282 g/mol. The molecule has 1 aliphatic carbocycles. The number of benzene rings is 1. The van der Waals surface area contributed by atoms with Gasteiger partial charge in [-0.1, -0.05) is 18.2 Å². The van der Waals surface area contributed by atoms with E-state index in [2.05, 4.69) is 24.1 Å². The second kappa shape index (κ2) is 3.97. The number of likely N-dealkylation sites (N-methyl/N-ethyl adjacent to an activating group) is 1. The molecule has 1 aromatic carbocycles. The van der Waals surface area contributed by atoms with Gasteiger partial charge in [0.1, 0.15) is 0 Å². The Morgan fingerprint density at radius 2 is 2.10 bits per heavy atom. The quantitative estimate of drug-likeness (QED) is 0.729. The summed E-state index contributed by atoms with van der Waals surface area (Å²) in [6.07, 6.45) is 3.14. The van der Waals surface area contributed by atoms with Crippen LogP contribution in [0, 0.1) is 0 Å². The van der Waals surface area contributed by atoms with Gasteiger partial charge in [0.05, 0.1) is 11.5 Å². The van der Waals surface area contributed by atoms with Gasteiger partial charge >= 0.3 is 0 Å². The molecular weight excluding hydrogens is 264 g/mol. The second-order valence-electron chi connectivity index (χ2n) is 6.24. The minimum absolute atomic E-state index is 0.0265. The Kier molecular flexibility index (Phi) is 2.39. The molecule has 2 atom stereocenters. The number of likely N-dealkylation sites (tertiary alicyclic amines) is 1. The van der Waals surface area contributed by atoms with Crippen LogP contribution in [0.3, 0.4) is 0 Å². The average Bonchev–Trinajstić information content (AvgIpc) is 2.95. The molecule has 4 heteroatoms. The molecule has 4 rings (SSSR count). The molecule has 0 radical (unpaired) electrons. The van der Waals surface area contributed by atoms with Crippen LogP contribution in [0.15, 0.2) is 36.0 Å². The fourth-order valence-electron chi connectivity index (χ4n) is 4.47. The lowest BCUT2D eigenvalue weighted by Gasteiger charge is -2.39. The zero-order valence-electron chi connectivity index (χ0n) is 12.3. The van der Waals surface area contributed by atoms with E-state index >= 15 is 0 Å². The number of allylic oxidation sites excluding steroid dienone is 1. The molecule has 4 nitrogen and oxygen atoms in total. The third kappa shape index (κ3) is 1.40. The minimum atomic E-state index is -0.190. The van der Waals surface area contributed by atoms with Gasteiger partial charge in [-0.05, 0) is 18.1 Å². The summed E-state index contributed by atoms with van der Waals surface area (Å²) in [6, 6.07) is 8.48. The topological polar surface area (TPSA) is 40.6 Å². The summed E-state index contributed by atoms with van der Waals surface area (Å²) in [4.78, 5) is 28.1. The van der Waals surface area contributed by atoms with Crippen molar-refractivity contribution >= 4 is 17.4 Å². The Balaban J connectivity index is 1.98. The van der Waals surface area contributed by atoms with Crippen LogP contribution < -0.4 is 4.90 Å². The van der Waals surface area contributed by atoms with E-state index in [1.807, 2.05) is 12.1 Å². The van der Waals surface area contributed by atoms with Crippen molar-refractivity contribution in [3.8, 4) is 0 Å². The molecule has 3 aliphatic rings. The predicted molar refractivity (Wildman–Crippen MR) is 80.0 cm³/mol. The second-order valence-corrected chi connectivity index (χ2v) is 6.24. The number of fused-ring (bicyclic) bond motifs is 1. The van der Waals surface area contributed by atoms with Crippen LogP contribution in [-0.2, 0) is 15.0 Å². The Labute approximate surface area is 124 Å². The largest absolute Gasteiger partial charge is 0.370 e. The fraction of sp³-hybridized carbons (Fsp3) is 0.412. The summed E-state index contributed by atoms with van der Waals surface area (Å²) in [5, 5.41) is 0. The lowest BCUT2D eigenvalue weighted by molar-refractivity contribution is -0.126. The van der Waals surface area contributed by atoms with Crippen LogP contribution in [0.4, 0.5) is 5.69 Å². The molecule has 0 aromatic heterocycles. The monoisotopic (exact) mass is 282 g/mol. The number of rotatable bonds is 0. The zero-order chi connectivity index (χ0) is 14.8. The van der Waals surface area contributed by atoms with Gasteiger partial charge in [-0.15, -0.1) is 0 Å². The summed E-state index contributed by atoms with van der Waals surface area (Å²) in [7, 11) is 2.06. The van der Waals surface area contributed by atoms with Gasteiger partial charge in [-0.2, -0.15) is 0 Å². The third-order valence-corrected chi connectivity index (χ3v) is 5.35. The maximum atomic E-state index is 12.2. The Bertz CT molecular complexity index is 694. The van der Waals surface area contributed by atoms with Crippen LogP contribution in [0.25, 0.3) is 0 Å². The van der Waals surface area contributed by atoms with E-state index in [0.29, 0.717) is 13.0 Å². The number of carbonyl (C=O) groups excluding carboxylic acids is 2. The van der Waals surface area contributed by atoms with E-state index < -0.39 is 0 Å². The highest BCUT2D eigenvalue weighted by Gasteiger charge is 2.59. The number of hydrogen-bond acceptors (Lipinski definition) is 3. The summed E-state index contributed by atoms with van der Waals surface area (Å²) >= 11 is 0. The molecule has 108 valence electrons. The lowest BCUT2D eigenvalue weighted by atomic mass is 9.69. The number of carbonyl (C=O) groups is 2. The summed E-state index contributed by atoms with van der Waals surface area (Å²) in [6.45, 7) is 2.28. The van der Waals surface area contributed by atoms with E-state index in [9.17, 15) is 9.59 Å². The van der Waals surface area contributed by atoms with Crippen molar-refractivity contribution in [1.82, 2.24) is 4.90 Å². The standard InChI is InChI=1S/C17H18N2O2/c1-11(20)19-8-7-17-13-5-3-4-6-14(13)18(2)15(17)9-12(21)10-16(17)19/h3-6,10,15H,7-9H2,1-2H3/t15-,17-/m1/s1. The smallest absolute Gasteiger partial charge is 0.223 e. The Morgan fingerprint density at radius 1 is 1.33 bits per heavy atom. The van der Waals surface area contributed by atoms with Crippen molar-refractivity contribution in [2.45, 2.75) is 31.2 Å². The van der Waals surface area contributed by atoms with E-state index in [4.69, 9.17) is 0 Å². The van der Waals surface area contributed by atoms with Crippen LogP contribution in [0.2, 0.25) is 0 Å². The van der Waals surface area contributed by atoms with Crippen molar-refractivity contribution in [3.63, 3.8) is 0 Å². The van der Waals surface area contributed by atoms with Gasteiger partial charge in [0.15, 0.2) is 5.78 Å². The van der Waals surface area contributed by atoms with E-state index in [1.54, 1.807) is 17.9 Å². The summed E-state index contributed by atoms with van der Waals surface area (Å²) in [5.41, 5.74) is 3.17. The van der Waals surface area contributed by atoms with Gasteiger partial charge in [0.2, 0.25) is 5.91 Å². The Hall–Kier alpha value is -2.10. The van der Waals surface area contributed by atoms with Crippen LogP contribution in [0.1, 0.15) is 25.3 Å². The molecule has 0 unspecified atom stereocenters. The van der Waals surface area contributed by atoms with Crippen LogP contribution >= 0.6 is 0 Å². The molecule has 1 saturated heterocycles. The number of hydrogen-bond donors (Lipinski definition) is 0. The van der Waals surface area contributed by atoms with Crippen LogP contribution in [0.5, 0.6) is 0 Å². The first-order chi connectivity index (χ1) is 10.1. The van der Waals surface area contributed by atoms with Gasteiger partial charge in [-0.25, -0.2) is 0 Å². The predicted octanol–water partition coefficient (Wildman–Crippen LogP) is 1.85. The highest BCUT2D eigenvalue weighted by Crippen LogP contribution is 2.57. The molecule has 0 N–H and O–H groups in total. The highest BCUT2D eigenvalue weighted by atomic mass is 16.2. The van der Waals surface area contributed by atoms with Gasteiger partial charge in [0, 0.05) is 44.4 Å². The van der Waals surface area contributed by atoms with Crippen molar-refractivity contribution in [2.75, 3.05) is 18.5 Å². The molecule has 1 amide bonds. The summed E-state index contributed by atoms with van der Waals surface area (Å²) < 4.78 is 0. The number of ketones is 1. The maximum Gasteiger partial charge on any atom is 0.223 e. The van der Waals surface area contributed by atoms with Crippen molar-refractivity contribution in [2.24, 2.45) is 0 Å². The fourth-order valence-corrected chi connectivity index (χ4v) is 4.47.